The summed E-state index contributed by atoms with van der Waals surface area (Å²) >= 11 is 1.59. The second kappa shape index (κ2) is 7.94. The van der Waals surface area contributed by atoms with Gasteiger partial charge in [0.05, 0.1) is 5.01 Å². The molecule has 1 aromatic heterocycles. The Balaban J connectivity index is 1.96. The molecule has 0 bridgehead atoms. The summed E-state index contributed by atoms with van der Waals surface area (Å²) in [6.07, 6.45) is 2.93. The number of rotatable bonds is 7. The molecule has 0 aliphatic heterocycles. The van der Waals surface area contributed by atoms with Crippen molar-refractivity contribution in [2.45, 2.75) is 33.6 Å². The summed E-state index contributed by atoms with van der Waals surface area (Å²) in [4.78, 5) is 18.5. The molecule has 118 valence electrons. The van der Waals surface area contributed by atoms with E-state index in [1.165, 1.54) is 5.69 Å². The molecule has 0 radical (unpaired) electrons. The first kappa shape index (κ1) is 16.5. The molecule has 0 spiro atoms. The van der Waals surface area contributed by atoms with Gasteiger partial charge >= 0.3 is 0 Å². The summed E-state index contributed by atoms with van der Waals surface area (Å²) in [5.74, 6) is 0.0360. The van der Waals surface area contributed by atoms with E-state index in [1.807, 2.05) is 18.4 Å². The fourth-order valence-corrected chi connectivity index (χ4v) is 3.00. The molecule has 0 saturated heterocycles. The number of aryl methyl sites for hydroxylation is 2. The maximum atomic E-state index is 12.0. The van der Waals surface area contributed by atoms with Gasteiger partial charge in [0.1, 0.15) is 0 Å². The number of amides is 1. The number of anilines is 2. The second-order valence-electron chi connectivity index (χ2n) is 5.15. The number of aromatic nitrogens is 1. The van der Waals surface area contributed by atoms with Gasteiger partial charge in [-0.25, -0.2) is 4.98 Å². The molecule has 0 saturated carbocycles. The normalized spacial score (nSPS) is 10.5. The highest BCUT2D eigenvalue weighted by atomic mass is 32.1. The predicted octanol–water partition coefficient (Wildman–Crippen LogP) is 3.87. The van der Waals surface area contributed by atoms with E-state index in [0.29, 0.717) is 12.8 Å². The Kier molecular flexibility index (Phi) is 5.95. The minimum absolute atomic E-state index is 0.0360. The van der Waals surface area contributed by atoms with Gasteiger partial charge in [0, 0.05) is 48.9 Å². The molecule has 0 aliphatic rings. The summed E-state index contributed by atoms with van der Waals surface area (Å²) in [5, 5.41) is 5.93. The van der Waals surface area contributed by atoms with Crippen LogP contribution in [-0.4, -0.2) is 24.0 Å². The van der Waals surface area contributed by atoms with E-state index in [0.717, 1.165) is 29.3 Å². The number of carbonyl (C=O) groups excluding carboxylic acids is 1. The Morgan fingerprint density at radius 2 is 2.09 bits per heavy atom. The molecule has 0 atom stereocenters. The smallest absolute Gasteiger partial charge is 0.224 e. The standard InChI is InChI=1S/C17H23N3OS/c1-4-20(5-2)14-6-7-15(13(3)12-14)19-16(21)8-9-17-18-10-11-22-17/h6-7,10-12H,4-5,8-9H2,1-3H3,(H,19,21). The van der Waals surface area contributed by atoms with E-state index in [9.17, 15) is 4.79 Å². The van der Waals surface area contributed by atoms with Gasteiger partial charge in [0.15, 0.2) is 0 Å². The number of hydrogen-bond acceptors (Lipinski definition) is 4. The molecular formula is C17H23N3OS. The van der Waals surface area contributed by atoms with Gasteiger partial charge in [-0.05, 0) is 44.5 Å². The third-order valence-electron chi connectivity index (χ3n) is 3.66. The number of nitrogens with one attached hydrogen (secondary N) is 1. The van der Waals surface area contributed by atoms with Crippen molar-refractivity contribution in [1.29, 1.82) is 0 Å². The Morgan fingerprint density at radius 1 is 1.32 bits per heavy atom. The van der Waals surface area contributed by atoms with Gasteiger partial charge in [-0.3, -0.25) is 4.79 Å². The lowest BCUT2D eigenvalue weighted by Gasteiger charge is -2.22. The first-order valence-electron chi connectivity index (χ1n) is 7.67. The monoisotopic (exact) mass is 317 g/mol. The van der Waals surface area contributed by atoms with Crippen molar-refractivity contribution in [2.75, 3.05) is 23.3 Å². The Morgan fingerprint density at radius 3 is 2.68 bits per heavy atom. The van der Waals surface area contributed by atoms with Crippen LogP contribution in [0.15, 0.2) is 29.8 Å². The van der Waals surface area contributed by atoms with E-state index in [1.54, 1.807) is 17.5 Å². The molecule has 2 aromatic rings. The van der Waals surface area contributed by atoms with Crippen LogP contribution in [0.2, 0.25) is 0 Å². The summed E-state index contributed by atoms with van der Waals surface area (Å²) in [6, 6.07) is 6.18. The largest absolute Gasteiger partial charge is 0.372 e. The molecule has 5 heteroatoms. The number of hydrogen-bond donors (Lipinski definition) is 1. The van der Waals surface area contributed by atoms with Crippen LogP contribution in [-0.2, 0) is 11.2 Å². The molecule has 22 heavy (non-hydrogen) atoms. The molecule has 0 fully saturated rings. The van der Waals surface area contributed by atoms with Crippen molar-refractivity contribution in [1.82, 2.24) is 4.98 Å². The predicted molar refractivity (Wildman–Crippen MR) is 93.8 cm³/mol. The minimum Gasteiger partial charge on any atom is -0.372 e. The van der Waals surface area contributed by atoms with Gasteiger partial charge < -0.3 is 10.2 Å². The quantitative estimate of drug-likeness (QED) is 0.843. The third kappa shape index (κ3) is 4.31. The molecule has 4 nitrogen and oxygen atoms in total. The molecule has 1 heterocycles. The topological polar surface area (TPSA) is 45.2 Å². The lowest BCUT2D eigenvalue weighted by molar-refractivity contribution is -0.116. The Labute approximate surface area is 136 Å². The highest BCUT2D eigenvalue weighted by molar-refractivity contribution is 7.09. The lowest BCUT2D eigenvalue weighted by atomic mass is 10.1. The van der Waals surface area contributed by atoms with Crippen molar-refractivity contribution in [3.8, 4) is 0 Å². The van der Waals surface area contributed by atoms with Crippen molar-refractivity contribution in [3.63, 3.8) is 0 Å². The molecule has 0 unspecified atom stereocenters. The zero-order valence-electron chi connectivity index (χ0n) is 13.4. The molecule has 0 aliphatic carbocycles. The molecule has 1 N–H and O–H groups in total. The summed E-state index contributed by atoms with van der Waals surface area (Å²) in [6.45, 7) is 8.29. The summed E-state index contributed by atoms with van der Waals surface area (Å²) in [7, 11) is 0. The Hall–Kier alpha value is -1.88. The summed E-state index contributed by atoms with van der Waals surface area (Å²) < 4.78 is 0. The van der Waals surface area contributed by atoms with E-state index in [2.05, 4.69) is 41.2 Å². The minimum atomic E-state index is 0.0360. The van der Waals surface area contributed by atoms with E-state index < -0.39 is 0 Å². The van der Waals surface area contributed by atoms with Gasteiger partial charge in [-0.15, -0.1) is 11.3 Å². The zero-order chi connectivity index (χ0) is 15.9. The highest BCUT2D eigenvalue weighted by Gasteiger charge is 2.08. The fraction of sp³-hybridized carbons (Fsp3) is 0.412. The summed E-state index contributed by atoms with van der Waals surface area (Å²) in [5.41, 5.74) is 3.18. The first-order valence-corrected chi connectivity index (χ1v) is 8.55. The van der Waals surface area contributed by atoms with Crippen LogP contribution in [0.25, 0.3) is 0 Å². The van der Waals surface area contributed by atoms with Crippen LogP contribution in [0.5, 0.6) is 0 Å². The number of thiazole rings is 1. The zero-order valence-corrected chi connectivity index (χ0v) is 14.2. The van der Waals surface area contributed by atoms with E-state index in [4.69, 9.17) is 0 Å². The number of nitrogens with zero attached hydrogens (tertiary/aromatic N) is 2. The van der Waals surface area contributed by atoms with Crippen LogP contribution in [0.4, 0.5) is 11.4 Å². The van der Waals surface area contributed by atoms with E-state index in [-0.39, 0.29) is 5.91 Å². The van der Waals surface area contributed by atoms with Crippen LogP contribution < -0.4 is 10.2 Å². The SMILES string of the molecule is CCN(CC)c1ccc(NC(=O)CCc2nccs2)c(C)c1. The van der Waals surface area contributed by atoms with Crippen molar-refractivity contribution < 1.29 is 4.79 Å². The van der Waals surface area contributed by atoms with Gasteiger partial charge in [-0.2, -0.15) is 0 Å². The van der Waals surface area contributed by atoms with Crippen molar-refractivity contribution in [2.24, 2.45) is 0 Å². The Bertz CT molecular complexity index is 606. The molecular weight excluding hydrogens is 294 g/mol. The van der Waals surface area contributed by atoms with Gasteiger partial charge in [0.25, 0.3) is 0 Å². The lowest BCUT2D eigenvalue weighted by Crippen LogP contribution is -2.22. The second-order valence-corrected chi connectivity index (χ2v) is 6.12. The van der Waals surface area contributed by atoms with Gasteiger partial charge in [-0.1, -0.05) is 0 Å². The van der Waals surface area contributed by atoms with E-state index >= 15 is 0 Å². The average Bonchev–Trinajstić information content (AvgIpc) is 3.02. The fourth-order valence-electron chi connectivity index (χ4n) is 2.38. The average molecular weight is 317 g/mol. The number of carbonyl (C=O) groups is 1. The van der Waals surface area contributed by atoms with Crippen molar-refractivity contribution >= 4 is 28.6 Å². The molecule has 1 amide bonds. The van der Waals surface area contributed by atoms with Gasteiger partial charge in [0.2, 0.25) is 5.91 Å². The van der Waals surface area contributed by atoms with Crippen molar-refractivity contribution in [3.05, 3.63) is 40.3 Å². The first-order chi connectivity index (χ1) is 10.6. The number of benzene rings is 1. The van der Waals surface area contributed by atoms with Crippen LogP contribution >= 0.6 is 11.3 Å². The molecule has 2 rings (SSSR count). The molecule has 1 aromatic carbocycles. The van der Waals surface area contributed by atoms with Crippen LogP contribution in [0, 0.1) is 6.92 Å². The third-order valence-corrected chi connectivity index (χ3v) is 4.50. The maximum absolute atomic E-state index is 12.0. The highest BCUT2D eigenvalue weighted by Crippen LogP contribution is 2.23. The maximum Gasteiger partial charge on any atom is 0.224 e. The van der Waals surface area contributed by atoms with Crippen LogP contribution in [0.3, 0.4) is 0 Å². The van der Waals surface area contributed by atoms with Crippen LogP contribution in [0.1, 0.15) is 30.8 Å².